The number of nitrogens with one attached hydrogen (secondary N) is 1. The molecule has 5 heteroatoms. The average Bonchev–Trinajstić information content (AvgIpc) is 3.08. The van der Waals surface area contributed by atoms with Gasteiger partial charge in [-0.1, -0.05) is 30.3 Å². The van der Waals surface area contributed by atoms with Crippen LogP contribution in [0.2, 0.25) is 0 Å². The van der Waals surface area contributed by atoms with Crippen molar-refractivity contribution in [1.82, 2.24) is 9.80 Å². The van der Waals surface area contributed by atoms with Gasteiger partial charge in [0.2, 0.25) is 0 Å². The molecule has 0 aliphatic carbocycles. The number of likely N-dealkylation sites (tertiary alicyclic amines) is 1. The van der Waals surface area contributed by atoms with Crippen LogP contribution in [0.5, 0.6) is 0 Å². The predicted octanol–water partition coefficient (Wildman–Crippen LogP) is 3.72. The largest absolute Gasteiger partial charge is 0.323 e. The summed E-state index contributed by atoms with van der Waals surface area (Å²) in [5, 5.41) is 2.96. The van der Waals surface area contributed by atoms with Crippen molar-refractivity contribution in [1.29, 1.82) is 0 Å². The molecule has 1 fully saturated rings. The van der Waals surface area contributed by atoms with Crippen molar-refractivity contribution in [2.24, 2.45) is 0 Å². The second kappa shape index (κ2) is 7.70. The fourth-order valence-electron chi connectivity index (χ4n) is 3.27. The van der Waals surface area contributed by atoms with E-state index in [1.54, 1.807) is 11.8 Å². The molecule has 0 unspecified atom stereocenters. The van der Waals surface area contributed by atoms with Crippen molar-refractivity contribution in [2.45, 2.75) is 19.4 Å². The Labute approximate surface area is 154 Å². The fraction of sp³-hybridized carbons (Fsp3) is 0.333. The molecule has 136 valence electrons. The summed E-state index contributed by atoms with van der Waals surface area (Å²) in [6.45, 7) is 3.50. The van der Waals surface area contributed by atoms with Gasteiger partial charge in [-0.15, -0.1) is 0 Å². The van der Waals surface area contributed by atoms with E-state index >= 15 is 0 Å². The summed E-state index contributed by atoms with van der Waals surface area (Å²) in [5.41, 5.74) is 3.46. The number of benzene rings is 2. The molecule has 1 atom stereocenters. The van der Waals surface area contributed by atoms with Gasteiger partial charge in [-0.05, 0) is 56.3 Å². The first-order valence-electron chi connectivity index (χ1n) is 8.88. The number of ketones is 1. The first-order valence-corrected chi connectivity index (χ1v) is 8.88. The molecule has 1 aliphatic heterocycles. The first-order chi connectivity index (χ1) is 12.4. The summed E-state index contributed by atoms with van der Waals surface area (Å²) in [7, 11) is 3.92. The van der Waals surface area contributed by atoms with Gasteiger partial charge in [0, 0.05) is 30.9 Å². The highest BCUT2D eigenvalue weighted by Crippen LogP contribution is 2.23. The van der Waals surface area contributed by atoms with E-state index in [-0.39, 0.29) is 17.9 Å². The summed E-state index contributed by atoms with van der Waals surface area (Å²) in [6, 6.07) is 15.4. The molecule has 0 radical (unpaired) electrons. The summed E-state index contributed by atoms with van der Waals surface area (Å²) >= 11 is 0. The number of hydrogen-bond donors (Lipinski definition) is 1. The minimum atomic E-state index is -0.0865. The highest BCUT2D eigenvalue weighted by atomic mass is 16.2. The molecule has 1 saturated heterocycles. The Morgan fingerprint density at radius 3 is 2.46 bits per heavy atom. The van der Waals surface area contributed by atoms with Crippen LogP contribution < -0.4 is 5.32 Å². The van der Waals surface area contributed by atoms with Crippen LogP contribution >= 0.6 is 0 Å². The molecule has 0 bridgehead atoms. The van der Waals surface area contributed by atoms with Gasteiger partial charge in [-0.2, -0.15) is 0 Å². The molecule has 1 heterocycles. The number of nitrogens with zero attached hydrogens (tertiary/aromatic N) is 2. The van der Waals surface area contributed by atoms with E-state index in [1.165, 1.54) is 0 Å². The summed E-state index contributed by atoms with van der Waals surface area (Å²) in [4.78, 5) is 28.0. The Hall–Kier alpha value is -2.66. The fourth-order valence-corrected chi connectivity index (χ4v) is 3.27. The molecular weight excluding hydrogens is 326 g/mol. The Morgan fingerprint density at radius 2 is 1.85 bits per heavy atom. The van der Waals surface area contributed by atoms with Gasteiger partial charge in [0.05, 0.1) is 0 Å². The van der Waals surface area contributed by atoms with E-state index in [1.807, 2.05) is 55.6 Å². The SMILES string of the molecule is CC(=O)c1cccc(-c2ccc(NC(=O)N(C)[C@H]3CCN(C)C3)cc2)c1. The van der Waals surface area contributed by atoms with Crippen molar-refractivity contribution >= 4 is 17.5 Å². The highest BCUT2D eigenvalue weighted by molar-refractivity contribution is 5.95. The van der Waals surface area contributed by atoms with Gasteiger partial charge >= 0.3 is 6.03 Å². The van der Waals surface area contributed by atoms with Crippen LogP contribution in [-0.2, 0) is 0 Å². The molecule has 0 aromatic heterocycles. The molecule has 0 saturated carbocycles. The average molecular weight is 351 g/mol. The number of hydrogen-bond acceptors (Lipinski definition) is 3. The van der Waals surface area contributed by atoms with E-state index in [2.05, 4.69) is 17.3 Å². The van der Waals surface area contributed by atoms with Gasteiger partial charge in [-0.3, -0.25) is 4.79 Å². The quantitative estimate of drug-likeness (QED) is 0.854. The highest BCUT2D eigenvalue weighted by Gasteiger charge is 2.26. The number of likely N-dealkylation sites (N-methyl/N-ethyl adjacent to an activating group) is 2. The summed E-state index contributed by atoms with van der Waals surface area (Å²) in [5.74, 6) is 0.0522. The monoisotopic (exact) mass is 351 g/mol. The molecule has 26 heavy (non-hydrogen) atoms. The lowest BCUT2D eigenvalue weighted by atomic mass is 10.0. The van der Waals surface area contributed by atoms with Gasteiger partial charge in [-0.25, -0.2) is 4.79 Å². The van der Waals surface area contributed by atoms with Crippen LogP contribution in [0.3, 0.4) is 0 Å². The number of rotatable bonds is 4. The molecule has 1 aliphatic rings. The third-order valence-electron chi connectivity index (χ3n) is 4.97. The zero-order valence-electron chi connectivity index (χ0n) is 15.5. The number of amides is 2. The molecule has 0 spiro atoms. The third-order valence-corrected chi connectivity index (χ3v) is 4.97. The molecule has 2 aromatic rings. The molecule has 3 rings (SSSR count). The molecular formula is C21H25N3O2. The lowest BCUT2D eigenvalue weighted by Gasteiger charge is -2.24. The van der Waals surface area contributed by atoms with Crippen LogP contribution in [0.15, 0.2) is 48.5 Å². The minimum Gasteiger partial charge on any atom is -0.323 e. The van der Waals surface area contributed by atoms with Gasteiger partial charge in [0.25, 0.3) is 0 Å². The van der Waals surface area contributed by atoms with Crippen molar-refractivity contribution in [3.63, 3.8) is 0 Å². The zero-order valence-corrected chi connectivity index (χ0v) is 15.5. The number of carbonyl (C=O) groups is 2. The van der Waals surface area contributed by atoms with Crippen LogP contribution in [0, 0.1) is 0 Å². The maximum Gasteiger partial charge on any atom is 0.321 e. The molecule has 2 aromatic carbocycles. The standard InChI is InChI=1S/C21H25N3O2/c1-15(25)17-5-4-6-18(13-17)16-7-9-19(10-8-16)22-21(26)24(3)20-11-12-23(2)14-20/h4-10,13,20H,11-12,14H2,1-3H3,(H,22,26)/t20-/m0/s1. The minimum absolute atomic E-state index is 0.0522. The maximum atomic E-state index is 12.4. The van der Waals surface area contributed by atoms with Crippen LogP contribution in [0.1, 0.15) is 23.7 Å². The van der Waals surface area contributed by atoms with Crippen molar-refractivity contribution in [3.05, 3.63) is 54.1 Å². The van der Waals surface area contributed by atoms with Gasteiger partial charge in [0.15, 0.2) is 5.78 Å². The molecule has 5 nitrogen and oxygen atoms in total. The van der Waals surface area contributed by atoms with Crippen LogP contribution in [-0.4, -0.2) is 54.8 Å². The van der Waals surface area contributed by atoms with E-state index in [4.69, 9.17) is 0 Å². The third kappa shape index (κ3) is 4.11. The number of Topliss-reactive ketones (excluding diaryl/α,β-unsaturated/α-hetero) is 1. The Morgan fingerprint density at radius 1 is 1.12 bits per heavy atom. The molecule has 1 N–H and O–H groups in total. The van der Waals surface area contributed by atoms with E-state index in [0.29, 0.717) is 5.56 Å². The van der Waals surface area contributed by atoms with E-state index in [9.17, 15) is 9.59 Å². The Kier molecular flexibility index (Phi) is 5.38. The lowest BCUT2D eigenvalue weighted by Crippen LogP contribution is -2.41. The van der Waals surface area contributed by atoms with E-state index in [0.717, 1.165) is 36.3 Å². The maximum absolute atomic E-state index is 12.4. The second-order valence-corrected chi connectivity index (χ2v) is 6.96. The Balaban J connectivity index is 1.67. The smallest absolute Gasteiger partial charge is 0.321 e. The van der Waals surface area contributed by atoms with Gasteiger partial charge in [0.1, 0.15) is 0 Å². The van der Waals surface area contributed by atoms with Gasteiger partial charge < -0.3 is 15.1 Å². The number of anilines is 1. The van der Waals surface area contributed by atoms with Crippen LogP contribution in [0.25, 0.3) is 11.1 Å². The number of carbonyl (C=O) groups excluding carboxylic acids is 2. The Bertz CT molecular complexity index is 801. The predicted molar refractivity (Wildman–Crippen MR) is 105 cm³/mol. The topological polar surface area (TPSA) is 52.7 Å². The first kappa shape index (κ1) is 18.1. The second-order valence-electron chi connectivity index (χ2n) is 6.96. The van der Waals surface area contributed by atoms with Crippen molar-refractivity contribution < 1.29 is 9.59 Å². The normalized spacial score (nSPS) is 17.1. The molecule has 2 amide bonds. The van der Waals surface area contributed by atoms with Crippen molar-refractivity contribution in [2.75, 3.05) is 32.5 Å². The van der Waals surface area contributed by atoms with Crippen molar-refractivity contribution in [3.8, 4) is 11.1 Å². The summed E-state index contributed by atoms with van der Waals surface area (Å²) in [6.07, 6.45) is 1.01. The zero-order chi connectivity index (χ0) is 18.7. The summed E-state index contributed by atoms with van der Waals surface area (Å²) < 4.78 is 0. The van der Waals surface area contributed by atoms with Crippen LogP contribution in [0.4, 0.5) is 10.5 Å². The lowest BCUT2D eigenvalue weighted by molar-refractivity contribution is 0.101. The number of urea groups is 1. The van der Waals surface area contributed by atoms with E-state index < -0.39 is 0 Å².